The van der Waals surface area contributed by atoms with Crippen molar-refractivity contribution in [1.29, 1.82) is 0 Å². The van der Waals surface area contributed by atoms with E-state index in [1.54, 1.807) is 0 Å². The average molecular weight is 274 g/mol. The molecule has 0 spiro atoms. The quantitative estimate of drug-likeness (QED) is 0.775. The summed E-state index contributed by atoms with van der Waals surface area (Å²) in [6.07, 6.45) is -4.10. The van der Waals surface area contributed by atoms with Crippen molar-refractivity contribution in [2.24, 2.45) is 0 Å². The number of para-hydroxylation sites is 1. The van der Waals surface area contributed by atoms with Crippen LogP contribution in [0.1, 0.15) is 18.4 Å². The van der Waals surface area contributed by atoms with Crippen molar-refractivity contribution in [1.82, 2.24) is 5.32 Å². The fourth-order valence-electron chi connectivity index (χ4n) is 1.89. The third kappa shape index (κ3) is 3.37. The zero-order chi connectivity index (χ0) is 14.0. The molecule has 0 bridgehead atoms. The largest absolute Gasteiger partial charge is 0.418 e. The Morgan fingerprint density at radius 3 is 2.47 bits per heavy atom. The van der Waals surface area contributed by atoms with Crippen LogP contribution in [0.5, 0.6) is 0 Å². The maximum absolute atomic E-state index is 12.7. The lowest BCUT2D eigenvalue weighted by Crippen LogP contribution is -2.48. The normalized spacial score (nSPS) is 22.5. The van der Waals surface area contributed by atoms with Gasteiger partial charge in [-0.05, 0) is 25.0 Å². The maximum atomic E-state index is 12.7. The van der Waals surface area contributed by atoms with Crippen LogP contribution in [0.25, 0.3) is 0 Å². The standard InChI is InChI=1S/C12H13F3N2O2/c13-12(14,15)9-3-1-2-4-10(9)17-11(19)16-7-5-8(18)6-7/h1-4,7-8,18H,5-6H2,(H2,16,17,19). The number of hydrogen-bond donors (Lipinski definition) is 3. The van der Waals surface area contributed by atoms with E-state index in [0.29, 0.717) is 12.8 Å². The first-order chi connectivity index (χ1) is 8.86. The minimum atomic E-state index is -4.52. The van der Waals surface area contributed by atoms with Crippen LogP contribution < -0.4 is 10.6 Å². The van der Waals surface area contributed by atoms with E-state index in [1.807, 2.05) is 0 Å². The van der Waals surface area contributed by atoms with E-state index in [1.165, 1.54) is 18.2 Å². The molecule has 1 fully saturated rings. The van der Waals surface area contributed by atoms with Gasteiger partial charge in [0.05, 0.1) is 17.4 Å². The van der Waals surface area contributed by atoms with Crippen LogP contribution in [-0.2, 0) is 6.18 Å². The Morgan fingerprint density at radius 2 is 1.89 bits per heavy atom. The smallest absolute Gasteiger partial charge is 0.393 e. The fourth-order valence-corrected chi connectivity index (χ4v) is 1.89. The highest BCUT2D eigenvalue weighted by atomic mass is 19.4. The predicted molar refractivity (Wildman–Crippen MR) is 62.6 cm³/mol. The maximum Gasteiger partial charge on any atom is 0.418 e. The van der Waals surface area contributed by atoms with Gasteiger partial charge in [-0.1, -0.05) is 12.1 Å². The lowest BCUT2D eigenvalue weighted by atomic mass is 9.90. The van der Waals surface area contributed by atoms with Crippen LogP contribution in [0.2, 0.25) is 0 Å². The van der Waals surface area contributed by atoms with Gasteiger partial charge in [-0.2, -0.15) is 13.2 Å². The monoisotopic (exact) mass is 274 g/mol. The molecule has 0 aromatic heterocycles. The first-order valence-corrected chi connectivity index (χ1v) is 5.78. The Balaban J connectivity index is 2.01. The van der Waals surface area contributed by atoms with Crippen LogP contribution in [0.4, 0.5) is 23.7 Å². The molecule has 0 radical (unpaired) electrons. The highest BCUT2D eigenvalue weighted by Gasteiger charge is 2.34. The molecule has 0 atom stereocenters. The molecular formula is C12H13F3N2O2. The van der Waals surface area contributed by atoms with Crippen molar-refractivity contribution in [2.75, 3.05) is 5.32 Å². The summed E-state index contributed by atoms with van der Waals surface area (Å²) >= 11 is 0. The topological polar surface area (TPSA) is 61.4 Å². The molecule has 1 aliphatic rings. The Hall–Kier alpha value is -1.76. The SMILES string of the molecule is O=C(Nc1ccccc1C(F)(F)F)NC1CC(O)C1. The van der Waals surface area contributed by atoms with Gasteiger partial charge in [0.1, 0.15) is 0 Å². The van der Waals surface area contributed by atoms with Gasteiger partial charge in [-0.25, -0.2) is 4.79 Å². The third-order valence-electron chi connectivity index (χ3n) is 2.93. The molecule has 1 aromatic carbocycles. The minimum Gasteiger partial charge on any atom is -0.393 e. The molecule has 7 heteroatoms. The van der Waals surface area contributed by atoms with Gasteiger partial charge in [-0.3, -0.25) is 0 Å². The number of carbonyl (C=O) groups excluding carboxylic acids is 1. The minimum absolute atomic E-state index is 0.187. The zero-order valence-corrected chi connectivity index (χ0v) is 9.87. The number of halogens is 3. The summed E-state index contributed by atoms with van der Waals surface area (Å²) < 4.78 is 38.1. The number of amides is 2. The number of anilines is 1. The Kier molecular flexibility index (Phi) is 3.66. The molecule has 0 aliphatic heterocycles. The Bertz CT molecular complexity index is 470. The number of rotatable bonds is 2. The van der Waals surface area contributed by atoms with Gasteiger partial charge in [0.25, 0.3) is 0 Å². The second-order valence-corrected chi connectivity index (χ2v) is 4.46. The second-order valence-electron chi connectivity index (χ2n) is 4.46. The Labute approximate surface area is 107 Å². The van der Waals surface area contributed by atoms with E-state index >= 15 is 0 Å². The Morgan fingerprint density at radius 1 is 1.26 bits per heavy atom. The van der Waals surface area contributed by atoms with Crippen LogP contribution in [0, 0.1) is 0 Å². The molecule has 3 N–H and O–H groups in total. The summed E-state index contributed by atoms with van der Waals surface area (Å²) in [4.78, 5) is 11.5. The number of hydrogen-bond acceptors (Lipinski definition) is 2. The molecule has 2 amide bonds. The molecular weight excluding hydrogens is 261 g/mol. The molecule has 4 nitrogen and oxygen atoms in total. The first-order valence-electron chi connectivity index (χ1n) is 5.78. The average Bonchev–Trinajstić information content (AvgIpc) is 2.26. The van der Waals surface area contributed by atoms with Crippen LogP contribution in [-0.4, -0.2) is 23.3 Å². The first kappa shape index (κ1) is 13.7. The summed E-state index contributed by atoms with van der Waals surface area (Å²) in [5, 5.41) is 13.7. The molecule has 104 valence electrons. The van der Waals surface area contributed by atoms with E-state index in [4.69, 9.17) is 5.11 Å². The molecule has 1 saturated carbocycles. The van der Waals surface area contributed by atoms with Gasteiger partial charge in [0.2, 0.25) is 0 Å². The molecule has 0 heterocycles. The molecule has 19 heavy (non-hydrogen) atoms. The summed E-state index contributed by atoms with van der Waals surface area (Å²) in [5.41, 5.74) is -1.17. The van der Waals surface area contributed by atoms with Gasteiger partial charge in [-0.15, -0.1) is 0 Å². The van der Waals surface area contributed by atoms with Crippen molar-refractivity contribution < 1.29 is 23.1 Å². The molecule has 1 aromatic rings. The van der Waals surface area contributed by atoms with Gasteiger partial charge in [0.15, 0.2) is 0 Å². The van der Waals surface area contributed by atoms with Crippen molar-refractivity contribution >= 4 is 11.7 Å². The fraction of sp³-hybridized carbons (Fsp3) is 0.417. The lowest BCUT2D eigenvalue weighted by molar-refractivity contribution is -0.136. The van der Waals surface area contributed by atoms with Crippen molar-refractivity contribution in [3.8, 4) is 0 Å². The summed E-state index contributed by atoms with van der Waals surface area (Å²) in [6.45, 7) is 0. The zero-order valence-electron chi connectivity index (χ0n) is 9.87. The van der Waals surface area contributed by atoms with Crippen molar-refractivity contribution in [3.05, 3.63) is 29.8 Å². The number of benzene rings is 1. The number of nitrogens with one attached hydrogen (secondary N) is 2. The molecule has 0 unspecified atom stereocenters. The predicted octanol–water partition coefficient (Wildman–Crippen LogP) is 2.35. The van der Waals surface area contributed by atoms with E-state index in [0.717, 1.165) is 6.07 Å². The van der Waals surface area contributed by atoms with Crippen LogP contribution in [0.3, 0.4) is 0 Å². The number of aliphatic hydroxyl groups excluding tert-OH is 1. The third-order valence-corrected chi connectivity index (χ3v) is 2.93. The van der Waals surface area contributed by atoms with E-state index in [-0.39, 0.29) is 11.7 Å². The lowest BCUT2D eigenvalue weighted by Gasteiger charge is -2.31. The number of alkyl halides is 3. The van der Waals surface area contributed by atoms with E-state index in [2.05, 4.69) is 10.6 Å². The molecule has 2 rings (SSSR count). The van der Waals surface area contributed by atoms with Gasteiger partial charge < -0.3 is 15.7 Å². The highest BCUT2D eigenvalue weighted by Crippen LogP contribution is 2.34. The number of carbonyl (C=O) groups is 1. The number of aliphatic hydroxyl groups is 1. The van der Waals surface area contributed by atoms with Gasteiger partial charge in [0, 0.05) is 6.04 Å². The number of urea groups is 1. The van der Waals surface area contributed by atoms with Crippen LogP contribution in [0.15, 0.2) is 24.3 Å². The summed E-state index contributed by atoms with van der Waals surface area (Å²) in [5.74, 6) is 0. The van der Waals surface area contributed by atoms with Crippen molar-refractivity contribution in [2.45, 2.75) is 31.2 Å². The van der Waals surface area contributed by atoms with E-state index in [9.17, 15) is 18.0 Å². The van der Waals surface area contributed by atoms with Gasteiger partial charge >= 0.3 is 12.2 Å². The highest BCUT2D eigenvalue weighted by molar-refractivity contribution is 5.90. The molecule has 1 aliphatic carbocycles. The second kappa shape index (κ2) is 5.08. The summed E-state index contributed by atoms with van der Waals surface area (Å²) in [6, 6.07) is 3.88. The van der Waals surface area contributed by atoms with E-state index < -0.39 is 23.9 Å². The van der Waals surface area contributed by atoms with Crippen LogP contribution >= 0.6 is 0 Å². The molecule has 0 saturated heterocycles. The van der Waals surface area contributed by atoms with Crippen molar-refractivity contribution in [3.63, 3.8) is 0 Å². The summed E-state index contributed by atoms with van der Waals surface area (Å²) in [7, 11) is 0.